The molecule has 0 radical (unpaired) electrons. The third kappa shape index (κ3) is 1.55. The topological polar surface area (TPSA) is 54.1 Å². The monoisotopic (exact) mass is 208 g/mol. The summed E-state index contributed by atoms with van der Waals surface area (Å²) in [6.07, 6.45) is 3.65. The van der Waals surface area contributed by atoms with Gasteiger partial charge in [-0.2, -0.15) is 0 Å². The number of H-pyrrole nitrogens is 1. The van der Waals surface area contributed by atoms with Crippen molar-refractivity contribution < 1.29 is 9.53 Å². The highest BCUT2D eigenvalue weighted by atomic mass is 16.5. The number of methoxy groups -OCH3 is 1. The summed E-state index contributed by atoms with van der Waals surface area (Å²) >= 11 is 0. The van der Waals surface area contributed by atoms with Crippen LogP contribution in [0.5, 0.6) is 0 Å². The normalized spacial score (nSPS) is 19.6. The van der Waals surface area contributed by atoms with Crippen LogP contribution in [0.3, 0.4) is 0 Å². The van der Waals surface area contributed by atoms with E-state index in [-0.39, 0.29) is 17.4 Å². The minimum Gasteiger partial charge on any atom is -0.469 e. The molecule has 1 aromatic heterocycles. The van der Waals surface area contributed by atoms with Crippen LogP contribution in [0, 0.1) is 5.41 Å². The lowest BCUT2D eigenvalue weighted by atomic mass is 9.94. The van der Waals surface area contributed by atoms with Gasteiger partial charge in [0, 0.05) is 11.9 Å². The van der Waals surface area contributed by atoms with Crippen molar-refractivity contribution in [3.05, 3.63) is 24.0 Å². The molecule has 2 rings (SSSR count). The van der Waals surface area contributed by atoms with Crippen LogP contribution in [0.4, 0.5) is 0 Å². The summed E-state index contributed by atoms with van der Waals surface area (Å²) in [5.74, 6) is -0.114. The Morgan fingerprint density at radius 1 is 1.67 bits per heavy atom. The molecule has 0 saturated heterocycles. The maximum atomic E-state index is 11.7. The molecule has 1 aromatic rings. The fourth-order valence-corrected chi connectivity index (χ4v) is 2.20. The fraction of sp³-hybridized carbons (Fsp3) is 0.545. The quantitative estimate of drug-likeness (QED) is 0.732. The van der Waals surface area contributed by atoms with Gasteiger partial charge in [0.05, 0.1) is 18.6 Å². The molecule has 1 saturated carbocycles. The lowest BCUT2D eigenvalue weighted by Crippen LogP contribution is -2.33. The van der Waals surface area contributed by atoms with Gasteiger partial charge in [-0.05, 0) is 32.0 Å². The predicted molar refractivity (Wildman–Crippen MR) is 56.3 cm³/mol. The van der Waals surface area contributed by atoms with Gasteiger partial charge in [0.1, 0.15) is 0 Å². The van der Waals surface area contributed by atoms with E-state index < -0.39 is 0 Å². The number of aromatic amines is 1. The summed E-state index contributed by atoms with van der Waals surface area (Å²) in [6, 6.07) is 3.96. The van der Waals surface area contributed by atoms with E-state index in [0.717, 1.165) is 18.5 Å². The van der Waals surface area contributed by atoms with Crippen molar-refractivity contribution in [3.63, 3.8) is 0 Å². The number of ether oxygens (including phenoxy) is 1. The Morgan fingerprint density at radius 3 is 2.80 bits per heavy atom. The molecule has 0 aliphatic heterocycles. The average molecular weight is 208 g/mol. The van der Waals surface area contributed by atoms with Gasteiger partial charge in [0.15, 0.2) is 0 Å². The Balaban J connectivity index is 2.24. The van der Waals surface area contributed by atoms with Crippen molar-refractivity contribution in [2.45, 2.75) is 18.9 Å². The maximum absolute atomic E-state index is 11.7. The summed E-state index contributed by atoms with van der Waals surface area (Å²) in [7, 11) is 3.32. The number of esters is 1. The van der Waals surface area contributed by atoms with Crippen LogP contribution in [0.15, 0.2) is 18.3 Å². The second kappa shape index (κ2) is 3.70. The first-order valence-electron chi connectivity index (χ1n) is 5.13. The molecule has 1 unspecified atom stereocenters. The van der Waals surface area contributed by atoms with E-state index in [9.17, 15) is 4.79 Å². The molecule has 1 aliphatic carbocycles. The van der Waals surface area contributed by atoms with Gasteiger partial charge in [0.25, 0.3) is 0 Å². The average Bonchev–Trinajstić information content (AvgIpc) is 2.87. The first-order valence-corrected chi connectivity index (χ1v) is 5.13. The molecular weight excluding hydrogens is 192 g/mol. The zero-order valence-corrected chi connectivity index (χ0v) is 9.04. The van der Waals surface area contributed by atoms with Crippen molar-refractivity contribution in [1.29, 1.82) is 0 Å². The Bertz CT molecular complexity index is 341. The van der Waals surface area contributed by atoms with Gasteiger partial charge in [-0.15, -0.1) is 0 Å². The highest BCUT2D eigenvalue weighted by Crippen LogP contribution is 2.55. The Morgan fingerprint density at radius 2 is 2.40 bits per heavy atom. The number of hydrogen-bond donors (Lipinski definition) is 2. The molecule has 2 N–H and O–H groups in total. The maximum Gasteiger partial charge on any atom is 0.313 e. The molecule has 15 heavy (non-hydrogen) atoms. The number of hydrogen-bond acceptors (Lipinski definition) is 3. The van der Waals surface area contributed by atoms with Crippen molar-refractivity contribution in [2.24, 2.45) is 5.41 Å². The Kier molecular flexibility index (Phi) is 2.52. The summed E-state index contributed by atoms with van der Waals surface area (Å²) in [5, 5.41) is 3.19. The molecule has 0 aromatic carbocycles. The lowest BCUT2D eigenvalue weighted by molar-refractivity contribution is -0.148. The molecule has 0 amide bonds. The van der Waals surface area contributed by atoms with Crippen LogP contribution in [0.1, 0.15) is 24.6 Å². The van der Waals surface area contributed by atoms with E-state index in [1.807, 2.05) is 25.4 Å². The standard InChI is InChI=1S/C11H16N2O2/c1-12-9(8-4-3-7-13-8)11(5-6-11)10(14)15-2/h3-4,7,9,12-13H,5-6H2,1-2H3. The van der Waals surface area contributed by atoms with Gasteiger partial charge in [0.2, 0.25) is 0 Å². The van der Waals surface area contributed by atoms with Crippen LogP contribution >= 0.6 is 0 Å². The first kappa shape index (κ1) is 10.2. The summed E-state index contributed by atoms with van der Waals surface area (Å²) < 4.78 is 4.87. The highest BCUT2D eigenvalue weighted by molar-refractivity contribution is 5.81. The second-order valence-electron chi connectivity index (χ2n) is 3.99. The van der Waals surface area contributed by atoms with E-state index in [2.05, 4.69) is 10.3 Å². The van der Waals surface area contributed by atoms with E-state index >= 15 is 0 Å². The second-order valence-corrected chi connectivity index (χ2v) is 3.99. The first-order chi connectivity index (χ1) is 7.24. The zero-order chi connectivity index (χ0) is 10.9. The number of rotatable bonds is 4. The van der Waals surface area contributed by atoms with Crippen LogP contribution < -0.4 is 5.32 Å². The molecule has 1 atom stereocenters. The summed E-state index contributed by atoms with van der Waals surface area (Å²) in [4.78, 5) is 14.9. The molecule has 1 aliphatic rings. The molecule has 4 heteroatoms. The van der Waals surface area contributed by atoms with E-state index in [1.165, 1.54) is 7.11 Å². The molecule has 0 spiro atoms. The molecule has 82 valence electrons. The van der Waals surface area contributed by atoms with Crippen molar-refractivity contribution in [1.82, 2.24) is 10.3 Å². The molecule has 4 nitrogen and oxygen atoms in total. The van der Waals surface area contributed by atoms with Crippen LogP contribution in [-0.2, 0) is 9.53 Å². The van der Waals surface area contributed by atoms with Crippen molar-refractivity contribution >= 4 is 5.97 Å². The number of carbonyl (C=O) groups excluding carboxylic acids is 1. The van der Waals surface area contributed by atoms with Gasteiger partial charge < -0.3 is 15.0 Å². The number of aromatic nitrogens is 1. The van der Waals surface area contributed by atoms with E-state index in [0.29, 0.717) is 0 Å². The molecular formula is C11H16N2O2. The molecule has 1 heterocycles. The predicted octanol–water partition coefficient (Wildman–Crippen LogP) is 1.23. The van der Waals surface area contributed by atoms with Gasteiger partial charge in [-0.1, -0.05) is 0 Å². The van der Waals surface area contributed by atoms with Crippen LogP contribution in [0.2, 0.25) is 0 Å². The lowest BCUT2D eigenvalue weighted by Gasteiger charge is -2.23. The minimum absolute atomic E-state index is 0.0277. The van der Waals surface area contributed by atoms with Gasteiger partial charge in [-0.3, -0.25) is 4.79 Å². The molecule has 0 bridgehead atoms. The Labute approximate surface area is 89.0 Å². The van der Waals surface area contributed by atoms with Crippen LogP contribution in [0.25, 0.3) is 0 Å². The molecule has 1 fully saturated rings. The van der Waals surface area contributed by atoms with Crippen LogP contribution in [-0.4, -0.2) is 25.1 Å². The highest BCUT2D eigenvalue weighted by Gasteiger charge is 2.57. The van der Waals surface area contributed by atoms with Gasteiger partial charge in [-0.25, -0.2) is 0 Å². The fourth-order valence-electron chi connectivity index (χ4n) is 2.20. The van der Waals surface area contributed by atoms with Crippen molar-refractivity contribution in [2.75, 3.05) is 14.2 Å². The SMILES string of the molecule is CNC(c1ccc[nH]1)C1(C(=O)OC)CC1. The van der Waals surface area contributed by atoms with Crippen molar-refractivity contribution in [3.8, 4) is 0 Å². The zero-order valence-electron chi connectivity index (χ0n) is 9.04. The van der Waals surface area contributed by atoms with Gasteiger partial charge >= 0.3 is 5.97 Å². The number of carbonyl (C=O) groups is 1. The number of nitrogens with one attached hydrogen (secondary N) is 2. The largest absolute Gasteiger partial charge is 0.469 e. The third-order valence-electron chi connectivity index (χ3n) is 3.15. The third-order valence-corrected chi connectivity index (χ3v) is 3.15. The van der Waals surface area contributed by atoms with E-state index in [4.69, 9.17) is 4.74 Å². The summed E-state index contributed by atoms with van der Waals surface area (Å²) in [5.41, 5.74) is 0.689. The summed E-state index contributed by atoms with van der Waals surface area (Å²) in [6.45, 7) is 0. The van der Waals surface area contributed by atoms with E-state index in [1.54, 1.807) is 0 Å². The smallest absolute Gasteiger partial charge is 0.313 e. The Hall–Kier alpha value is -1.29. The minimum atomic E-state index is -0.353.